The molecule has 2 rings (SSSR count). The minimum atomic E-state index is -0.320. The smallest absolute Gasteiger partial charge is 0.123 e. The number of nitrogens with one attached hydrogen (secondary N) is 1. The second-order valence-corrected chi connectivity index (χ2v) is 5.01. The van der Waals surface area contributed by atoms with Crippen LogP contribution in [0.25, 0.3) is 0 Å². The van der Waals surface area contributed by atoms with Crippen LogP contribution in [-0.2, 0) is 6.42 Å². The molecule has 0 fully saturated rings. The van der Waals surface area contributed by atoms with E-state index in [9.17, 15) is 8.78 Å². The Bertz CT molecular complexity index is 586. The van der Waals surface area contributed by atoms with Crippen LogP contribution in [0.15, 0.2) is 42.5 Å². The molecule has 0 aliphatic carbocycles. The summed E-state index contributed by atoms with van der Waals surface area (Å²) in [5.74, 6) is -0.602. The molecule has 0 aromatic heterocycles. The van der Waals surface area contributed by atoms with Gasteiger partial charge < -0.3 is 5.32 Å². The van der Waals surface area contributed by atoms with Crippen LogP contribution >= 0.6 is 11.6 Å². The zero-order valence-electron chi connectivity index (χ0n) is 11.2. The van der Waals surface area contributed by atoms with Crippen molar-refractivity contribution < 1.29 is 8.78 Å². The van der Waals surface area contributed by atoms with E-state index in [0.717, 1.165) is 12.1 Å². The maximum Gasteiger partial charge on any atom is 0.123 e. The summed E-state index contributed by atoms with van der Waals surface area (Å²) in [6, 6.07) is 10.6. The normalized spacial score (nSPS) is 12.4. The van der Waals surface area contributed by atoms with Crippen molar-refractivity contribution in [2.24, 2.45) is 0 Å². The Morgan fingerprint density at radius 1 is 1.10 bits per heavy atom. The van der Waals surface area contributed by atoms with Gasteiger partial charge in [0.25, 0.3) is 0 Å². The molecular weight excluding hydrogens is 280 g/mol. The van der Waals surface area contributed by atoms with Crippen molar-refractivity contribution in [1.82, 2.24) is 5.32 Å². The summed E-state index contributed by atoms with van der Waals surface area (Å²) in [5, 5.41) is 3.79. The summed E-state index contributed by atoms with van der Waals surface area (Å²) >= 11 is 6.09. The van der Waals surface area contributed by atoms with E-state index in [-0.39, 0.29) is 17.7 Å². The molecule has 4 heteroatoms. The van der Waals surface area contributed by atoms with E-state index in [1.807, 2.05) is 13.0 Å². The van der Waals surface area contributed by atoms with Crippen LogP contribution in [0.1, 0.15) is 24.1 Å². The molecule has 0 aliphatic rings. The van der Waals surface area contributed by atoms with Gasteiger partial charge in [-0.05, 0) is 54.4 Å². The highest BCUT2D eigenvalue weighted by atomic mass is 35.5. The molecule has 0 saturated carbocycles. The SMILES string of the molecule is CCNC(Cc1cc(F)ccc1Cl)c1cccc(F)c1. The number of likely N-dealkylation sites (N-methyl/N-ethyl adjacent to an activating group) is 1. The summed E-state index contributed by atoms with van der Waals surface area (Å²) in [7, 11) is 0. The van der Waals surface area contributed by atoms with Gasteiger partial charge in [0, 0.05) is 11.1 Å². The minimum Gasteiger partial charge on any atom is -0.310 e. The van der Waals surface area contributed by atoms with Gasteiger partial charge in [0.05, 0.1) is 0 Å². The molecule has 0 heterocycles. The molecule has 1 nitrogen and oxygen atoms in total. The monoisotopic (exact) mass is 295 g/mol. The third-order valence-corrected chi connectivity index (χ3v) is 3.50. The lowest BCUT2D eigenvalue weighted by Crippen LogP contribution is -2.23. The zero-order valence-corrected chi connectivity index (χ0v) is 11.9. The highest BCUT2D eigenvalue weighted by Crippen LogP contribution is 2.24. The standard InChI is InChI=1S/C16H16ClF2N/c1-2-20-16(11-4-3-5-13(18)8-11)10-12-9-14(19)6-7-15(12)17/h3-9,16,20H,2,10H2,1H3. The molecule has 20 heavy (non-hydrogen) atoms. The molecule has 1 atom stereocenters. The number of hydrogen-bond acceptors (Lipinski definition) is 1. The van der Waals surface area contributed by atoms with Crippen molar-refractivity contribution in [2.45, 2.75) is 19.4 Å². The second kappa shape index (κ2) is 6.82. The van der Waals surface area contributed by atoms with Gasteiger partial charge in [-0.1, -0.05) is 30.7 Å². The first-order chi connectivity index (χ1) is 9.60. The molecule has 2 aromatic carbocycles. The average Bonchev–Trinajstić information content (AvgIpc) is 2.42. The Labute approximate surface area is 122 Å². The van der Waals surface area contributed by atoms with Gasteiger partial charge in [-0.2, -0.15) is 0 Å². The Morgan fingerprint density at radius 3 is 2.55 bits per heavy atom. The summed E-state index contributed by atoms with van der Waals surface area (Å²) < 4.78 is 26.6. The maximum absolute atomic E-state index is 13.3. The van der Waals surface area contributed by atoms with Gasteiger partial charge >= 0.3 is 0 Å². The molecule has 0 aliphatic heterocycles. The van der Waals surface area contributed by atoms with Gasteiger partial charge in [0.1, 0.15) is 11.6 Å². The number of hydrogen-bond donors (Lipinski definition) is 1. The Balaban J connectivity index is 2.27. The van der Waals surface area contributed by atoms with Crippen LogP contribution < -0.4 is 5.32 Å². The van der Waals surface area contributed by atoms with Crippen molar-refractivity contribution in [3.8, 4) is 0 Å². The first-order valence-electron chi connectivity index (χ1n) is 6.53. The third kappa shape index (κ3) is 3.78. The molecule has 0 saturated heterocycles. The molecule has 0 bridgehead atoms. The predicted molar refractivity (Wildman–Crippen MR) is 77.9 cm³/mol. The van der Waals surface area contributed by atoms with E-state index >= 15 is 0 Å². The van der Waals surface area contributed by atoms with Crippen LogP contribution in [0.3, 0.4) is 0 Å². The molecule has 0 amide bonds. The van der Waals surface area contributed by atoms with Gasteiger partial charge in [-0.3, -0.25) is 0 Å². The van der Waals surface area contributed by atoms with Crippen molar-refractivity contribution in [3.63, 3.8) is 0 Å². The molecule has 0 radical (unpaired) electrons. The molecule has 1 unspecified atom stereocenters. The quantitative estimate of drug-likeness (QED) is 0.855. The Kier molecular flexibility index (Phi) is 5.10. The highest BCUT2D eigenvalue weighted by Gasteiger charge is 2.14. The second-order valence-electron chi connectivity index (χ2n) is 4.61. The molecule has 1 N–H and O–H groups in total. The summed E-state index contributed by atoms with van der Waals surface area (Å²) in [6.07, 6.45) is 0.508. The first kappa shape index (κ1) is 14.9. The largest absolute Gasteiger partial charge is 0.310 e. The van der Waals surface area contributed by atoms with Crippen molar-refractivity contribution in [3.05, 3.63) is 70.2 Å². The van der Waals surface area contributed by atoms with Crippen LogP contribution in [0.2, 0.25) is 5.02 Å². The number of benzene rings is 2. The van der Waals surface area contributed by atoms with E-state index in [0.29, 0.717) is 17.0 Å². The van der Waals surface area contributed by atoms with Crippen molar-refractivity contribution in [1.29, 1.82) is 0 Å². The van der Waals surface area contributed by atoms with Gasteiger partial charge in [-0.15, -0.1) is 0 Å². The summed E-state index contributed by atoms with van der Waals surface area (Å²) in [6.45, 7) is 2.70. The Hall–Kier alpha value is -1.45. The Morgan fingerprint density at radius 2 is 1.85 bits per heavy atom. The van der Waals surface area contributed by atoms with E-state index < -0.39 is 0 Å². The number of halogens is 3. The van der Waals surface area contributed by atoms with Gasteiger partial charge in [0.15, 0.2) is 0 Å². The topological polar surface area (TPSA) is 12.0 Å². The van der Waals surface area contributed by atoms with Crippen molar-refractivity contribution in [2.75, 3.05) is 6.54 Å². The lowest BCUT2D eigenvalue weighted by Gasteiger charge is -2.19. The summed E-state index contributed by atoms with van der Waals surface area (Å²) in [4.78, 5) is 0. The van der Waals surface area contributed by atoms with Crippen LogP contribution in [0, 0.1) is 11.6 Å². The fourth-order valence-electron chi connectivity index (χ4n) is 2.20. The lowest BCUT2D eigenvalue weighted by atomic mass is 9.98. The first-order valence-corrected chi connectivity index (χ1v) is 6.90. The van der Waals surface area contributed by atoms with E-state index in [4.69, 9.17) is 11.6 Å². The third-order valence-electron chi connectivity index (χ3n) is 3.13. The van der Waals surface area contributed by atoms with Gasteiger partial charge in [-0.25, -0.2) is 8.78 Å². The lowest BCUT2D eigenvalue weighted by molar-refractivity contribution is 0.540. The van der Waals surface area contributed by atoms with E-state index in [1.54, 1.807) is 12.1 Å². The van der Waals surface area contributed by atoms with Crippen LogP contribution in [-0.4, -0.2) is 6.54 Å². The fourth-order valence-corrected chi connectivity index (χ4v) is 2.39. The number of rotatable bonds is 5. The minimum absolute atomic E-state index is 0.102. The molecule has 2 aromatic rings. The van der Waals surface area contributed by atoms with Crippen LogP contribution in [0.4, 0.5) is 8.78 Å². The fraction of sp³-hybridized carbons (Fsp3) is 0.250. The molecular formula is C16H16ClF2N. The summed E-state index contributed by atoms with van der Waals surface area (Å²) in [5.41, 5.74) is 1.54. The van der Waals surface area contributed by atoms with Gasteiger partial charge in [0.2, 0.25) is 0 Å². The molecule has 0 spiro atoms. The average molecular weight is 296 g/mol. The zero-order chi connectivity index (χ0) is 14.5. The van der Waals surface area contributed by atoms with E-state index in [1.165, 1.54) is 24.3 Å². The maximum atomic E-state index is 13.3. The van der Waals surface area contributed by atoms with E-state index in [2.05, 4.69) is 5.32 Å². The highest BCUT2D eigenvalue weighted by molar-refractivity contribution is 6.31. The molecule has 106 valence electrons. The predicted octanol–water partition coefficient (Wildman–Crippen LogP) is 4.51. The van der Waals surface area contributed by atoms with Crippen LogP contribution in [0.5, 0.6) is 0 Å². The van der Waals surface area contributed by atoms with Crippen molar-refractivity contribution >= 4 is 11.6 Å².